The molecule has 0 fully saturated rings. The van der Waals surface area contributed by atoms with Crippen molar-refractivity contribution in [3.63, 3.8) is 0 Å². The fourth-order valence-corrected chi connectivity index (χ4v) is 2.01. The minimum atomic E-state index is -0.0297. The van der Waals surface area contributed by atoms with Gasteiger partial charge in [-0.15, -0.1) is 0 Å². The average molecular weight is 351 g/mol. The molecule has 0 unspecified atom stereocenters. The predicted octanol–water partition coefficient (Wildman–Crippen LogP) is 5.58. The minimum absolute atomic E-state index is 0.00663. The summed E-state index contributed by atoms with van der Waals surface area (Å²) in [6, 6.07) is 5.90. The topological polar surface area (TPSA) is 53.9 Å². The summed E-state index contributed by atoms with van der Waals surface area (Å²) in [5.41, 5.74) is 2.72. The van der Waals surface area contributed by atoms with Gasteiger partial charge in [0.25, 0.3) is 0 Å². The van der Waals surface area contributed by atoms with E-state index >= 15 is 0 Å². The molecule has 2 N–H and O–H groups in total. The van der Waals surface area contributed by atoms with Crippen molar-refractivity contribution in [3.8, 4) is 5.75 Å². The van der Waals surface area contributed by atoms with Gasteiger partial charge in [0.15, 0.2) is 0 Å². The first-order chi connectivity index (χ1) is 11.7. The van der Waals surface area contributed by atoms with Crippen LogP contribution >= 0.6 is 0 Å². The molecule has 0 radical (unpaired) electrons. The average Bonchev–Trinajstić information content (AvgIpc) is 2.55. The molecule has 0 heterocycles. The van der Waals surface area contributed by atoms with Crippen LogP contribution in [0.25, 0.3) is 0 Å². The van der Waals surface area contributed by atoms with Crippen LogP contribution in [0, 0.1) is 0 Å². The number of allylic oxidation sites excluding steroid dienone is 1. The number of nitrogens with zero attached hydrogens (tertiary/aromatic N) is 1. The standard InChI is InChI=1S/C17H26N2O2.2C2H6/c1-12(2)18-13(3)19-14-7-8-15(17(4,5)6)16(11-14)21-10-9-20;2*1-2/h7-8,11,20H,1,9-10H2,2-6H3,(H,18,19);2*1-2H3. The number of hydrogen-bond donors (Lipinski definition) is 2. The molecular weight excluding hydrogens is 312 g/mol. The third-order valence-corrected chi connectivity index (χ3v) is 2.81. The zero-order valence-electron chi connectivity index (χ0n) is 17.7. The first-order valence-electron chi connectivity index (χ1n) is 9.10. The smallest absolute Gasteiger partial charge is 0.125 e. The maximum Gasteiger partial charge on any atom is 0.125 e. The third-order valence-electron chi connectivity index (χ3n) is 2.81. The van der Waals surface area contributed by atoms with Gasteiger partial charge >= 0.3 is 0 Å². The number of aliphatic imine (C=N–C) groups is 1. The fraction of sp³-hybridized carbons (Fsp3) is 0.571. The van der Waals surface area contributed by atoms with Gasteiger partial charge in [-0.1, -0.05) is 61.1 Å². The molecular formula is C21H38N2O2. The van der Waals surface area contributed by atoms with Gasteiger partial charge < -0.3 is 15.2 Å². The summed E-state index contributed by atoms with van der Waals surface area (Å²) in [6.45, 7) is 22.2. The first kappa shape index (κ1) is 25.4. The van der Waals surface area contributed by atoms with E-state index in [0.29, 0.717) is 0 Å². The van der Waals surface area contributed by atoms with Crippen molar-refractivity contribution >= 4 is 11.5 Å². The van der Waals surface area contributed by atoms with Crippen LogP contribution in [0.5, 0.6) is 5.75 Å². The van der Waals surface area contributed by atoms with Crippen molar-refractivity contribution in [3.05, 3.63) is 36.0 Å². The zero-order chi connectivity index (χ0) is 20.0. The minimum Gasteiger partial charge on any atom is -0.491 e. The van der Waals surface area contributed by atoms with Crippen LogP contribution in [0.1, 0.15) is 67.9 Å². The summed E-state index contributed by atoms with van der Waals surface area (Å²) in [7, 11) is 0. The number of nitrogens with one attached hydrogen (secondary N) is 1. The Morgan fingerprint density at radius 2 is 1.72 bits per heavy atom. The molecule has 0 saturated carbocycles. The number of aliphatic hydroxyl groups excluding tert-OH is 1. The molecule has 25 heavy (non-hydrogen) atoms. The van der Waals surface area contributed by atoms with E-state index in [-0.39, 0.29) is 18.6 Å². The summed E-state index contributed by atoms with van der Waals surface area (Å²) in [5.74, 6) is 1.54. The van der Waals surface area contributed by atoms with Crippen molar-refractivity contribution in [1.82, 2.24) is 5.32 Å². The van der Waals surface area contributed by atoms with E-state index in [2.05, 4.69) is 37.7 Å². The Hall–Kier alpha value is -1.81. The maximum absolute atomic E-state index is 8.96. The van der Waals surface area contributed by atoms with Crippen molar-refractivity contribution in [2.75, 3.05) is 13.2 Å². The van der Waals surface area contributed by atoms with Gasteiger partial charge in [0.1, 0.15) is 18.2 Å². The lowest BCUT2D eigenvalue weighted by molar-refractivity contribution is 0.199. The van der Waals surface area contributed by atoms with Crippen molar-refractivity contribution in [2.24, 2.45) is 4.99 Å². The molecule has 0 aliphatic carbocycles. The number of amidine groups is 1. The second-order valence-corrected chi connectivity index (χ2v) is 6.11. The highest BCUT2D eigenvalue weighted by Gasteiger charge is 2.19. The molecule has 0 aliphatic rings. The molecule has 0 spiro atoms. The SMILES string of the molecule is C=C(C)NC(C)=Nc1ccc(C(C)(C)C)c(OCCO)c1.CC.CC. The Kier molecular flexibility index (Phi) is 13.7. The second kappa shape index (κ2) is 13.5. The first-order valence-corrected chi connectivity index (χ1v) is 9.10. The van der Waals surface area contributed by atoms with Crippen LogP contribution in [-0.4, -0.2) is 24.2 Å². The van der Waals surface area contributed by atoms with Crippen molar-refractivity contribution in [2.45, 2.75) is 67.7 Å². The van der Waals surface area contributed by atoms with Gasteiger partial charge in [0.2, 0.25) is 0 Å². The highest BCUT2D eigenvalue weighted by atomic mass is 16.5. The summed E-state index contributed by atoms with van der Waals surface area (Å²) in [6.07, 6.45) is 0. The molecule has 1 aromatic rings. The number of hydrogen-bond acceptors (Lipinski definition) is 3. The Labute approximate surface area is 155 Å². The molecule has 4 heteroatoms. The van der Waals surface area contributed by atoms with E-state index in [1.54, 1.807) is 0 Å². The second-order valence-electron chi connectivity index (χ2n) is 6.11. The van der Waals surface area contributed by atoms with Gasteiger partial charge in [-0.25, -0.2) is 4.99 Å². The van der Waals surface area contributed by atoms with E-state index in [0.717, 1.165) is 28.5 Å². The zero-order valence-corrected chi connectivity index (χ0v) is 17.7. The summed E-state index contributed by atoms with van der Waals surface area (Å²) in [4.78, 5) is 4.49. The lowest BCUT2D eigenvalue weighted by Gasteiger charge is -2.23. The Morgan fingerprint density at radius 1 is 1.16 bits per heavy atom. The van der Waals surface area contributed by atoms with E-state index in [9.17, 15) is 0 Å². The summed E-state index contributed by atoms with van der Waals surface area (Å²) in [5, 5.41) is 12.0. The largest absolute Gasteiger partial charge is 0.491 e. The highest BCUT2D eigenvalue weighted by molar-refractivity contribution is 5.83. The van der Waals surface area contributed by atoms with E-state index in [4.69, 9.17) is 9.84 Å². The van der Waals surface area contributed by atoms with E-state index in [1.807, 2.05) is 59.7 Å². The molecule has 0 saturated heterocycles. The molecule has 0 aromatic heterocycles. The molecule has 1 aromatic carbocycles. The Balaban J connectivity index is 0. The van der Waals surface area contributed by atoms with Crippen LogP contribution in [-0.2, 0) is 5.41 Å². The predicted molar refractivity (Wildman–Crippen MR) is 111 cm³/mol. The number of rotatable bonds is 5. The normalized spacial score (nSPS) is 10.7. The van der Waals surface area contributed by atoms with Gasteiger partial charge in [-0.05, 0) is 30.9 Å². The van der Waals surface area contributed by atoms with Crippen LogP contribution in [0.4, 0.5) is 5.69 Å². The molecule has 144 valence electrons. The number of ether oxygens (including phenoxy) is 1. The van der Waals surface area contributed by atoms with E-state index < -0.39 is 0 Å². The van der Waals surface area contributed by atoms with Crippen LogP contribution in [0.3, 0.4) is 0 Å². The third kappa shape index (κ3) is 10.6. The molecule has 1 rings (SSSR count). The van der Waals surface area contributed by atoms with Gasteiger partial charge in [0, 0.05) is 11.8 Å². The Bertz CT molecular complexity index is 529. The van der Waals surface area contributed by atoms with Gasteiger partial charge in [0.05, 0.1) is 12.3 Å². The van der Waals surface area contributed by atoms with Crippen molar-refractivity contribution in [1.29, 1.82) is 0 Å². The maximum atomic E-state index is 8.96. The summed E-state index contributed by atoms with van der Waals surface area (Å²) >= 11 is 0. The van der Waals surface area contributed by atoms with Crippen LogP contribution in [0.2, 0.25) is 0 Å². The number of aliphatic hydroxyl groups is 1. The van der Waals surface area contributed by atoms with Crippen LogP contribution in [0.15, 0.2) is 35.5 Å². The van der Waals surface area contributed by atoms with E-state index in [1.165, 1.54) is 0 Å². The lowest BCUT2D eigenvalue weighted by Crippen LogP contribution is -2.17. The quantitative estimate of drug-likeness (QED) is 0.538. The van der Waals surface area contributed by atoms with Crippen LogP contribution < -0.4 is 10.1 Å². The highest BCUT2D eigenvalue weighted by Crippen LogP contribution is 2.34. The number of benzene rings is 1. The molecule has 0 aliphatic heterocycles. The molecule has 0 bridgehead atoms. The van der Waals surface area contributed by atoms with Gasteiger partial charge in [-0.3, -0.25) is 0 Å². The van der Waals surface area contributed by atoms with Crippen molar-refractivity contribution < 1.29 is 9.84 Å². The Morgan fingerprint density at radius 3 is 2.16 bits per heavy atom. The molecule has 0 atom stereocenters. The monoisotopic (exact) mass is 350 g/mol. The fourth-order valence-electron chi connectivity index (χ4n) is 2.01. The molecule has 0 amide bonds. The molecule has 4 nitrogen and oxygen atoms in total. The summed E-state index contributed by atoms with van der Waals surface area (Å²) < 4.78 is 5.66. The lowest BCUT2D eigenvalue weighted by atomic mass is 9.86. The van der Waals surface area contributed by atoms with Gasteiger partial charge in [-0.2, -0.15) is 0 Å².